The first-order chi connectivity index (χ1) is 9.33. The number of hydrogen-bond acceptors (Lipinski definition) is 4. The van der Waals surface area contributed by atoms with Crippen LogP contribution in [0.4, 0.5) is 0 Å². The Hall–Kier alpha value is -1.43. The minimum absolute atomic E-state index is 0.588. The fourth-order valence-corrected chi connectivity index (χ4v) is 2.57. The highest BCUT2D eigenvalue weighted by Gasteiger charge is 2.17. The summed E-state index contributed by atoms with van der Waals surface area (Å²) in [5, 5.41) is 6.98. The number of likely N-dealkylation sites (N-methyl/N-ethyl adjacent to an activating group) is 1. The second kappa shape index (κ2) is 5.69. The van der Waals surface area contributed by atoms with Crippen LogP contribution in [-0.4, -0.2) is 54.1 Å². The summed E-state index contributed by atoms with van der Waals surface area (Å²) in [7, 11) is 2.20. The molecule has 1 aliphatic rings. The molecular weight excluding hydrogens is 238 g/mol. The lowest BCUT2D eigenvalue weighted by Crippen LogP contribution is -2.53. The number of nitrogens with one attached hydrogen (secondary N) is 3. The number of aromatic nitrogens is 2. The van der Waals surface area contributed by atoms with Crippen LogP contribution in [0.15, 0.2) is 24.5 Å². The summed E-state index contributed by atoms with van der Waals surface area (Å²) >= 11 is 0. The molecule has 0 amide bonds. The Kier molecular flexibility index (Phi) is 3.77. The van der Waals surface area contributed by atoms with E-state index in [1.54, 1.807) is 6.33 Å². The van der Waals surface area contributed by atoms with Gasteiger partial charge in [0.05, 0.1) is 17.4 Å². The summed E-state index contributed by atoms with van der Waals surface area (Å²) < 4.78 is 0. The fourth-order valence-electron chi connectivity index (χ4n) is 2.57. The molecule has 2 heterocycles. The van der Waals surface area contributed by atoms with Crippen LogP contribution in [0.3, 0.4) is 0 Å². The number of piperazine rings is 1. The third-order valence-corrected chi connectivity index (χ3v) is 3.84. The van der Waals surface area contributed by atoms with Crippen molar-refractivity contribution in [2.75, 3.05) is 33.2 Å². The van der Waals surface area contributed by atoms with Gasteiger partial charge in [-0.1, -0.05) is 6.07 Å². The third-order valence-electron chi connectivity index (χ3n) is 3.84. The lowest BCUT2D eigenvalue weighted by molar-refractivity contribution is 0.195. The van der Waals surface area contributed by atoms with Crippen molar-refractivity contribution in [1.82, 2.24) is 25.5 Å². The maximum atomic E-state index is 4.23. The van der Waals surface area contributed by atoms with E-state index in [0.29, 0.717) is 6.04 Å². The highest BCUT2D eigenvalue weighted by Crippen LogP contribution is 2.11. The SMILES string of the molecule is CN1CCNCC1CNCc1ccc2nc[nH]c2c1. The molecular formula is C14H21N5. The van der Waals surface area contributed by atoms with Gasteiger partial charge in [-0.3, -0.25) is 4.90 Å². The molecule has 1 aromatic heterocycles. The standard InChI is InChI=1S/C14H21N5/c1-19-5-4-15-8-12(19)9-16-7-11-2-3-13-14(6-11)18-10-17-13/h2-3,6,10,12,15-16H,4-5,7-9H2,1H3,(H,17,18). The molecule has 19 heavy (non-hydrogen) atoms. The molecule has 1 fully saturated rings. The maximum absolute atomic E-state index is 4.23. The molecule has 0 aliphatic carbocycles. The van der Waals surface area contributed by atoms with Crippen molar-refractivity contribution < 1.29 is 0 Å². The lowest BCUT2D eigenvalue weighted by Gasteiger charge is -2.33. The Balaban J connectivity index is 1.53. The van der Waals surface area contributed by atoms with Crippen molar-refractivity contribution in [3.63, 3.8) is 0 Å². The Bertz CT molecular complexity index is 535. The predicted molar refractivity (Wildman–Crippen MR) is 77.1 cm³/mol. The van der Waals surface area contributed by atoms with E-state index in [0.717, 1.165) is 43.8 Å². The van der Waals surface area contributed by atoms with Crippen LogP contribution in [0.2, 0.25) is 0 Å². The van der Waals surface area contributed by atoms with Crippen molar-refractivity contribution in [2.45, 2.75) is 12.6 Å². The minimum Gasteiger partial charge on any atom is -0.345 e. The minimum atomic E-state index is 0.588. The van der Waals surface area contributed by atoms with Gasteiger partial charge in [0.1, 0.15) is 0 Å². The van der Waals surface area contributed by atoms with Gasteiger partial charge >= 0.3 is 0 Å². The van der Waals surface area contributed by atoms with Crippen molar-refractivity contribution >= 4 is 11.0 Å². The molecule has 2 aromatic rings. The van der Waals surface area contributed by atoms with Crippen LogP contribution in [0.1, 0.15) is 5.56 Å². The Morgan fingerprint density at radius 2 is 2.42 bits per heavy atom. The van der Waals surface area contributed by atoms with Gasteiger partial charge in [-0.15, -0.1) is 0 Å². The Morgan fingerprint density at radius 1 is 1.47 bits per heavy atom. The van der Waals surface area contributed by atoms with Gasteiger partial charge in [-0.2, -0.15) is 0 Å². The van der Waals surface area contributed by atoms with Gasteiger partial charge < -0.3 is 15.6 Å². The van der Waals surface area contributed by atoms with Crippen LogP contribution in [0.25, 0.3) is 11.0 Å². The molecule has 5 heteroatoms. The van der Waals surface area contributed by atoms with E-state index in [2.05, 4.69) is 50.7 Å². The fraction of sp³-hybridized carbons (Fsp3) is 0.500. The monoisotopic (exact) mass is 259 g/mol. The van der Waals surface area contributed by atoms with Gasteiger partial charge in [0.2, 0.25) is 0 Å². The van der Waals surface area contributed by atoms with Crippen molar-refractivity contribution in [1.29, 1.82) is 0 Å². The average molecular weight is 259 g/mol. The van der Waals surface area contributed by atoms with Crippen LogP contribution >= 0.6 is 0 Å². The first kappa shape index (κ1) is 12.6. The number of aromatic amines is 1. The summed E-state index contributed by atoms with van der Waals surface area (Å²) in [6, 6.07) is 6.96. The van der Waals surface area contributed by atoms with Crippen molar-refractivity contribution in [3.8, 4) is 0 Å². The number of fused-ring (bicyclic) bond motifs is 1. The van der Waals surface area contributed by atoms with Gasteiger partial charge in [-0.25, -0.2) is 4.98 Å². The highest BCUT2D eigenvalue weighted by atomic mass is 15.2. The third kappa shape index (κ3) is 2.94. The molecule has 0 saturated carbocycles. The summed E-state index contributed by atoms with van der Waals surface area (Å²) in [5.74, 6) is 0. The first-order valence-corrected chi connectivity index (χ1v) is 6.86. The van der Waals surface area contributed by atoms with E-state index in [-0.39, 0.29) is 0 Å². The topological polar surface area (TPSA) is 56.0 Å². The molecule has 1 unspecified atom stereocenters. The van der Waals surface area contributed by atoms with Crippen LogP contribution in [0, 0.1) is 0 Å². The maximum Gasteiger partial charge on any atom is 0.0931 e. The first-order valence-electron chi connectivity index (χ1n) is 6.86. The molecule has 0 bridgehead atoms. The molecule has 5 nitrogen and oxygen atoms in total. The summed E-state index contributed by atoms with van der Waals surface area (Å²) in [6.07, 6.45) is 1.74. The zero-order valence-electron chi connectivity index (χ0n) is 11.3. The summed E-state index contributed by atoms with van der Waals surface area (Å²) in [5.41, 5.74) is 3.43. The van der Waals surface area contributed by atoms with E-state index < -0.39 is 0 Å². The van der Waals surface area contributed by atoms with E-state index in [1.807, 2.05) is 0 Å². The number of nitrogens with zero attached hydrogens (tertiary/aromatic N) is 2. The Morgan fingerprint density at radius 3 is 3.32 bits per heavy atom. The van der Waals surface area contributed by atoms with Crippen LogP contribution < -0.4 is 10.6 Å². The second-order valence-corrected chi connectivity index (χ2v) is 5.22. The second-order valence-electron chi connectivity index (χ2n) is 5.22. The van der Waals surface area contributed by atoms with E-state index in [1.165, 1.54) is 5.56 Å². The largest absolute Gasteiger partial charge is 0.345 e. The predicted octanol–water partition coefficient (Wildman–Crippen LogP) is 0.556. The van der Waals surface area contributed by atoms with E-state index in [9.17, 15) is 0 Å². The van der Waals surface area contributed by atoms with Crippen LogP contribution in [0.5, 0.6) is 0 Å². The number of hydrogen-bond donors (Lipinski definition) is 3. The van der Waals surface area contributed by atoms with E-state index >= 15 is 0 Å². The van der Waals surface area contributed by atoms with Gasteiger partial charge in [0.25, 0.3) is 0 Å². The van der Waals surface area contributed by atoms with Gasteiger partial charge in [-0.05, 0) is 24.7 Å². The number of rotatable bonds is 4. The number of H-pyrrole nitrogens is 1. The average Bonchev–Trinajstić information content (AvgIpc) is 2.88. The summed E-state index contributed by atoms with van der Waals surface area (Å²) in [4.78, 5) is 9.80. The molecule has 3 N–H and O–H groups in total. The van der Waals surface area contributed by atoms with Gasteiger partial charge in [0.15, 0.2) is 0 Å². The molecule has 0 spiro atoms. The van der Waals surface area contributed by atoms with Crippen molar-refractivity contribution in [2.24, 2.45) is 0 Å². The zero-order valence-corrected chi connectivity index (χ0v) is 11.3. The number of benzene rings is 1. The van der Waals surface area contributed by atoms with Crippen LogP contribution in [-0.2, 0) is 6.54 Å². The van der Waals surface area contributed by atoms with Crippen molar-refractivity contribution in [3.05, 3.63) is 30.1 Å². The molecule has 1 aliphatic heterocycles. The summed E-state index contributed by atoms with van der Waals surface area (Å²) in [6.45, 7) is 5.23. The Labute approximate surface area is 113 Å². The molecule has 1 atom stereocenters. The molecule has 0 radical (unpaired) electrons. The molecule has 102 valence electrons. The molecule has 1 aromatic carbocycles. The molecule has 1 saturated heterocycles. The molecule has 3 rings (SSSR count). The quantitative estimate of drug-likeness (QED) is 0.751. The lowest BCUT2D eigenvalue weighted by atomic mass is 10.1. The smallest absolute Gasteiger partial charge is 0.0931 e. The van der Waals surface area contributed by atoms with E-state index in [4.69, 9.17) is 0 Å². The van der Waals surface area contributed by atoms with Gasteiger partial charge in [0, 0.05) is 38.8 Å². The number of imidazole rings is 1. The zero-order chi connectivity index (χ0) is 13.1. The normalized spacial score (nSPS) is 21.0. The highest BCUT2D eigenvalue weighted by molar-refractivity contribution is 5.74.